The van der Waals surface area contributed by atoms with Gasteiger partial charge in [0.2, 0.25) is 0 Å². The van der Waals surface area contributed by atoms with Crippen molar-refractivity contribution in [3.63, 3.8) is 0 Å². The monoisotopic (exact) mass is 304 g/mol. The minimum atomic E-state index is 0.201. The highest BCUT2D eigenvalue weighted by Gasteiger charge is 2.31. The quantitative estimate of drug-likeness (QED) is 0.747. The van der Waals surface area contributed by atoms with Crippen LogP contribution in [0, 0.1) is 5.41 Å². The average molecular weight is 305 g/mol. The topological polar surface area (TPSA) is 9.23 Å². The molecule has 1 nitrogen and oxygen atoms in total. The van der Waals surface area contributed by atoms with Gasteiger partial charge in [0, 0.05) is 5.41 Å². The molecule has 1 aliphatic carbocycles. The second kappa shape index (κ2) is 6.40. The van der Waals surface area contributed by atoms with Crippen LogP contribution in [0.4, 0.5) is 0 Å². The first-order valence-electron chi connectivity index (χ1n) is 6.35. The van der Waals surface area contributed by atoms with Crippen LogP contribution in [0.5, 0.6) is 5.75 Å². The Hall–Kier alpha value is -0.0500. The molecule has 0 aliphatic heterocycles. The van der Waals surface area contributed by atoms with Crippen LogP contribution >= 0.6 is 35.8 Å². The van der Waals surface area contributed by atoms with Gasteiger partial charge in [0.15, 0.2) is 0 Å². The van der Waals surface area contributed by atoms with E-state index in [0.29, 0.717) is 22.4 Å². The Kier molecular flexibility index (Phi) is 5.11. The van der Waals surface area contributed by atoms with Crippen LogP contribution in [0.15, 0.2) is 18.2 Å². The van der Waals surface area contributed by atoms with Crippen molar-refractivity contribution in [3.05, 3.63) is 28.2 Å². The molecule has 1 aromatic rings. The molecule has 0 N–H and O–H groups in total. The highest BCUT2D eigenvalue weighted by atomic mass is 35.5. The Morgan fingerprint density at radius 2 is 1.89 bits per heavy atom. The highest BCUT2D eigenvalue weighted by Crippen LogP contribution is 2.39. The largest absolute Gasteiger partial charge is 0.491 e. The lowest BCUT2D eigenvalue weighted by atomic mass is 9.76. The predicted molar refractivity (Wildman–Crippen MR) is 81.3 cm³/mol. The van der Waals surface area contributed by atoms with Crippen molar-refractivity contribution in [2.45, 2.75) is 32.1 Å². The first kappa shape index (κ1) is 14.4. The zero-order valence-electron chi connectivity index (χ0n) is 10.3. The molecule has 1 fully saturated rings. The van der Waals surface area contributed by atoms with E-state index in [9.17, 15) is 0 Å². The summed E-state index contributed by atoms with van der Waals surface area (Å²) in [6, 6.07) is 5.49. The van der Waals surface area contributed by atoms with Crippen molar-refractivity contribution < 1.29 is 4.74 Å². The van der Waals surface area contributed by atoms with Crippen molar-refractivity contribution in [1.29, 1.82) is 0 Å². The lowest BCUT2D eigenvalue weighted by Gasteiger charge is -2.35. The lowest BCUT2D eigenvalue weighted by Crippen LogP contribution is -2.33. The number of benzene rings is 1. The highest BCUT2D eigenvalue weighted by molar-refractivity contribution is 7.80. The Labute approximate surface area is 124 Å². The molecule has 1 aliphatic rings. The van der Waals surface area contributed by atoms with E-state index in [1.54, 1.807) is 6.07 Å². The van der Waals surface area contributed by atoms with E-state index in [1.165, 1.54) is 32.1 Å². The van der Waals surface area contributed by atoms with E-state index in [2.05, 4.69) is 12.6 Å². The van der Waals surface area contributed by atoms with Gasteiger partial charge in [-0.05, 0) is 30.7 Å². The summed E-state index contributed by atoms with van der Waals surface area (Å²) in [7, 11) is 0. The maximum atomic E-state index is 6.12. The van der Waals surface area contributed by atoms with Gasteiger partial charge in [0.1, 0.15) is 10.8 Å². The number of halogens is 2. The van der Waals surface area contributed by atoms with Gasteiger partial charge in [-0.1, -0.05) is 48.5 Å². The minimum Gasteiger partial charge on any atom is -0.491 e. The molecule has 0 heterocycles. The molecular formula is C14H18Cl2OS. The summed E-state index contributed by atoms with van der Waals surface area (Å²) in [6.45, 7) is 0.677. The van der Waals surface area contributed by atoms with Gasteiger partial charge >= 0.3 is 0 Å². The van der Waals surface area contributed by atoms with Gasteiger partial charge in [0.05, 0.1) is 11.6 Å². The Morgan fingerprint density at radius 3 is 2.56 bits per heavy atom. The Morgan fingerprint density at radius 1 is 1.17 bits per heavy atom. The second-order valence-electron chi connectivity index (χ2n) is 5.06. The number of thiol groups is 1. The summed E-state index contributed by atoms with van der Waals surface area (Å²) in [5.41, 5.74) is 0.201. The molecular weight excluding hydrogens is 287 g/mol. The third-order valence-electron chi connectivity index (χ3n) is 3.70. The van der Waals surface area contributed by atoms with Crippen molar-refractivity contribution in [1.82, 2.24) is 0 Å². The van der Waals surface area contributed by atoms with E-state index in [-0.39, 0.29) is 5.41 Å². The Bertz CT molecular complexity index is 403. The van der Waals surface area contributed by atoms with E-state index < -0.39 is 0 Å². The van der Waals surface area contributed by atoms with E-state index in [1.807, 2.05) is 12.1 Å². The fourth-order valence-corrected chi connectivity index (χ4v) is 3.23. The zero-order valence-corrected chi connectivity index (χ0v) is 12.7. The van der Waals surface area contributed by atoms with Gasteiger partial charge in [-0.15, -0.1) is 0 Å². The molecule has 18 heavy (non-hydrogen) atoms. The molecule has 0 bridgehead atoms. The zero-order chi connectivity index (χ0) is 13.0. The second-order valence-corrected chi connectivity index (χ2v) is 6.16. The summed E-state index contributed by atoms with van der Waals surface area (Å²) >= 11 is 16.6. The van der Waals surface area contributed by atoms with Crippen LogP contribution in [0.1, 0.15) is 32.1 Å². The standard InChI is InChI=1S/C14H18Cl2OS/c15-11-5-4-6-12(13(11)16)17-9-14(10-18)7-2-1-3-8-14/h4-6,18H,1-3,7-10H2. The molecule has 0 unspecified atom stereocenters. The predicted octanol–water partition coefficient (Wildman–Crippen LogP) is 5.25. The number of rotatable bonds is 4. The maximum Gasteiger partial charge on any atom is 0.139 e. The summed E-state index contributed by atoms with van der Waals surface area (Å²) in [5, 5.41) is 1.04. The van der Waals surface area contributed by atoms with Gasteiger partial charge in [-0.25, -0.2) is 0 Å². The molecule has 0 aromatic heterocycles. The Balaban J connectivity index is 2.03. The fraction of sp³-hybridized carbons (Fsp3) is 0.571. The van der Waals surface area contributed by atoms with Gasteiger partial charge in [-0.3, -0.25) is 0 Å². The number of hydrogen-bond acceptors (Lipinski definition) is 2. The number of hydrogen-bond donors (Lipinski definition) is 1. The van der Waals surface area contributed by atoms with E-state index >= 15 is 0 Å². The van der Waals surface area contributed by atoms with Gasteiger partial charge < -0.3 is 4.74 Å². The molecule has 0 radical (unpaired) electrons. The molecule has 0 saturated heterocycles. The first-order valence-corrected chi connectivity index (χ1v) is 7.73. The van der Waals surface area contributed by atoms with Gasteiger partial charge in [-0.2, -0.15) is 12.6 Å². The summed E-state index contributed by atoms with van der Waals surface area (Å²) in [5.74, 6) is 1.54. The van der Waals surface area contributed by atoms with Gasteiger partial charge in [0.25, 0.3) is 0 Å². The van der Waals surface area contributed by atoms with Crippen LogP contribution in [-0.4, -0.2) is 12.4 Å². The van der Waals surface area contributed by atoms with E-state index in [4.69, 9.17) is 27.9 Å². The molecule has 1 saturated carbocycles. The van der Waals surface area contributed by atoms with Crippen LogP contribution in [0.2, 0.25) is 10.0 Å². The smallest absolute Gasteiger partial charge is 0.139 e. The van der Waals surface area contributed by atoms with Crippen molar-refractivity contribution in [2.24, 2.45) is 5.41 Å². The summed E-state index contributed by atoms with van der Waals surface area (Å²) < 4.78 is 5.89. The van der Waals surface area contributed by atoms with E-state index in [0.717, 1.165) is 5.75 Å². The normalized spacial score (nSPS) is 18.6. The summed E-state index contributed by atoms with van der Waals surface area (Å²) in [6.07, 6.45) is 6.25. The van der Waals surface area contributed by atoms with Crippen molar-refractivity contribution in [3.8, 4) is 5.75 Å². The third-order valence-corrected chi connectivity index (χ3v) is 5.17. The van der Waals surface area contributed by atoms with Crippen LogP contribution in [-0.2, 0) is 0 Å². The SMILES string of the molecule is SCC1(COc2cccc(Cl)c2Cl)CCCCC1. The molecule has 1 aromatic carbocycles. The molecule has 0 atom stereocenters. The minimum absolute atomic E-state index is 0.201. The van der Waals surface area contributed by atoms with Crippen molar-refractivity contribution >= 4 is 35.8 Å². The molecule has 2 rings (SSSR count). The van der Waals surface area contributed by atoms with Crippen LogP contribution in [0.3, 0.4) is 0 Å². The molecule has 4 heteroatoms. The number of ether oxygens (including phenoxy) is 1. The van der Waals surface area contributed by atoms with Crippen LogP contribution in [0.25, 0.3) is 0 Å². The summed E-state index contributed by atoms with van der Waals surface area (Å²) in [4.78, 5) is 0. The molecule has 0 amide bonds. The molecule has 0 spiro atoms. The van der Waals surface area contributed by atoms with Crippen molar-refractivity contribution in [2.75, 3.05) is 12.4 Å². The third kappa shape index (κ3) is 3.28. The lowest BCUT2D eigenvalue weighted by molar-refractivity contribution is 0.121. The fourth-order valence-electron chi connectivity index (χ4n) is 2.48. The first-order chi connectivity index (χ1) is 8.67. The molecule has 100 valence electrons. The maximum absolute atomic E-state index is 6.12. The average Bonchev–Trinajstić information content (AvgIpc) is 2.41. The van der Waals surface area contributed by atoms with Crippen LogP contribution < -0.4 is 4.74 Å².